The number of non-ortho nitro benzene ring substituents is 1. The van der Waals surface area contributed by atoms with E-state index in [1.807, 2.05) is 0 Å². The van der Waals surface area contributed by atoms with Crippen molar-refractivity contribution in [1.29, 1.82) is 0 Å². The number of hydrogen-bond acceptors (Lipinski definition) is 5. The van der Waals surface area contributed by atoms with Gasteiger partial charge in [-0.1, -0.05) is 12.1 Å². The predicted octanol–water partition coefficient (Wildman–Crippen LogP) is 2.82. The van der Waals surface area contributed by atoms with Gasteiger partial charge in [0.05, 0.1) is 16.0 Å². The minimum atomic E-state index is -0.441. The molecular weight excluding hydrogens is 308 g/mol. The molecule has 116 valence electrons. The first kappa shape index (κ1) is 14.0. The Kier molecular flexibility index (Phi) is 3.06. The molecule has 3 heterocycles. The fourth-order valence-electron chi connectivity index (χ4n) is 2.73. The van der Waals surface area contributed by atoms with E-state index in [9.17, 15) is 14.9 Å². The van der Waals surface area contributed by atoms with Crippen molar-refractivity contribution in [2.24, 2.45) is 0 Å². The molecule has 3 aromatic heterocycles. The van der Waals surface area contributed by atoms with Gasteiger partial charge >= 0.3 is 0 Å². The minimum Gasteiger partial charge on any atom is -0.269 e. The van der Waals surface area contributed by atoms with Crippen LogP contribution in [-0.2, 0) is 0 Å². The van der Waals surface area contributed by atoms with Gasteiger partial charge in [0.2, 0.25) is 0 Å². The monoisotopic (exact) mass is 318 g/mol. The van der Waals surface area contributed by atoms with E-state index in [2.05, 4.69) is 9.97 Å². The molecular formula is C17H10N4O3. The highest BCUT2D eigenvalue weighted by Crippen LogP contribution is 2.27. The molecule has 0 aliphatic carbocycles. The van der Waals surface area contributed by atoms with Crippen LogP contribution >= 0.6 is 0 Å². The Morgan fingerprint density at radius 3 is 2.58 bits per heavy atom. The maximum atomic E-state index is 12.4. The molecule has 24 heavy (non-hydrogen) atoms. The summed E-state index contributed by atoms with van der Waals surface area (Å²) in [6.45, 7) is 0. The van der Waals surface area contributed by atoms with Gasteiger partial charge in [-0.2, -0.15) is 0 Å². The van der Waals surface area contributed by atoms with E-state index in [1.54, 1.807) is 42.7 Å². The Labute approximate surface area is 135 Å². The summed E-state index contributed by atoms with van der Waals surface area (Å²) in [5.41, 5.74) is 1.38. The zero-order valence-electron chi connectivity index (χ0n) is 12.3. The molecule has 0 radical (unpaired) electrons. The second-order valence-electron chi connectivity index (χ2n) is 5.22. The Balaban J connectivity index is 2.12. The maximum Gasteiger partial charge on any atom is 0.277 e. The van der Waals surface area contributed by atoms with E-state index in [0.717, 1.165) is 5.56 Å². The van der Waals surface area contributed by atoms with E-state index in [4.69, 9.17) is 0 Å². The SMILES string of the molecule is O=c1cc(-c2ccncc2)nc2c3cccc([N+](=O)[O-])c3ccn12. The van der Waals surface area contributed by atoms with Crippen molar-refractivity contribution < 1.29 is 4.92 Å². The van der Waals surface area contributed by atoms with Crippen LogP contribution in [0.2, 0.25) is 0 Å². The van der Waals surface area contributed by atoms with E-state index in [1.165, 1.54) is 22.7 Å². The molecule has 0 unspecified atom stereocenters. The van der Waals surface area contributed by atoms with Crippen LogP contribution in [0.1, 0.15) is 0 Å². The van der Waals surface area contributed by atoms with Crippen molar-refractivity contribution in [2.45, 2.75) is 0 Å². The molecule has 0 saturated carbocycles. The van der Waals surface area contributed by atoms with Crippen molar-refractivity contribution >= 4 is 22.1 Å². The van der Waals surface area contributed by atoms with Gasteiger partial charge in [0, 0.05) is 41.7 Å². The molecule has 0 saturated heterocycles. The minimum absolute atomic E-state index is 0.0152. The first-order valence-electron chi connectivity index (χ1n) is 7.15. The highest BCUT2D eigenvalue weighted by Gasteiger charge is 2.15. The first-order valence-corrected chi connectivity index (χ1v) is 7.15. The fourth-order valence-corrected chi connectivity index (χ4v) is 2.73. The predicted molar refractivity (Wildman–Crippen MR) is 88.9 cm³/mol. The summed E-state index contributed by atoms with van der Waals surface area (Å²) in [5, 5.41) is 12.2. The summed E-state index contributed by atoms with van der Waals surface area (Å²) in [5.74, 6) is 0. The van der Waals surface area contributed by atoms with Gasteiger partial charge in [-0.3, -0.25) is 24.3 Å². The zero-order valence-corrected chi connectivity index (χ0v) is 12.3. The molecule has 4 aromatic rings. The molecule has 7 nitrogen and oxygen atoms in total. The van der Waals surface area contributed by atoms with Crippen LogP contribution in [-0.4, -0.2) is 19.3 Å². The van der Waals surface area contributed by atoms with Crippen LogP contribution in [0.15, 0.2) is 65.8 Å². The maximum absolute atomic E-state index is 12.4. The summed E-state index contributed by atoms with van der Waals surface area (Å²) in [6.07, 6.45) is 4.75. The van der Waals surface area contributed by atoms with Gasteiger partial charge in [-0.05, 0) is 18.2 Å². The number of fused-ring (bicyclic) bond motifs is 3. The number of nitrogens with zero attached hydrogens (tertiary/aromatic N) is 4. The van der Waals surface area contributed by atoms with Crippen LogP contribution in [0.25, 0.3) is 27.7 Å². The van der Waals surface area contributed by atoms with Crippen molar-refractivity contribution in [3.63, 3.8) is 0 Å². The van der Waals surface area contributed by atoms with E-state index < -0.39 is 4.92 Å². The molecule has 0 fully saturated rings. The second kappa shape index (κ2) is 5.24. The number of rotatable bonds is 2. The standard InChI is InChI=1S/C17H10N4O3/c22-16-10-14(11-4-7-18-8-5-11)19-17-13-2-1-3-15(21(23)24)12(13)6-9-20(16)17/h1-10H. The highest BCUT2D eigenvalue weighted by atomic mass is 16.6. The summed E-state index contributed by atoms with van der Waals surface area (Å²) < 4.78 is 1.39. The number of pyridine rings is 2. The summed E-state index contributed by atoms with van der Waals surface area (Å²) in [7, 11) is 0. The molecule has 0 bridgehead atoms. The molecule has 4 rings (SSSR count). The Hall–Kier alpha value is -3.61. The van der Waals surface area contributed by atoms with Crippen molar-refractivity contribution in [2.75, 3.05) is 0 Å². The number of nitro groups is 1. The molecule has 0 amide bonds. The Morgan fingerprint density at radius 2 is 1.83 bits per heavy atom. The van der Waals surface area contributed by atoms with Gasteiger partial charge in [0.15, 0.2) is 0 Å². The third-order valence-electron chi connectivity index (χ3n) is 3.84. The Morgan fingerprint density at radius 1 is 1.04 bits per heavy atom. The summed E-state index contributed by atoms with van der Waals surface area (Å²) >= 11 is 0. The van der Waals surface area contributed by atoms with Crippen LogP contribution < -0.4 is 5.56 Å². The largest absolute Gasteiger partial charge is 0.277 e. The summed E-state index contributed by atoms with van der Waals surface area (Å²) in [4.78, 5) is 31.7. The number of benzene rings is 1. The van der Waals surface area contributed by atoms with Crippen molar-refractivity contribution in [1.82, 2.24) is 14.4 Å². The van der Waals surface area contributed by atoms with Gasteiger partial charge in [-0.25, -0.2) is 4.98 Å². The molecule has 0 aliphatic rings. The van der Waals surface area contributed by atoms with Crippen molar-refractivity contribution in [3.05, 3.63) is 81.5 Å². The number of nitro benzene ring substituents is 1. The van der Waals surface area contributed by atoms with E-state index in [0.29, 0.717) is 22.1 Å². The third-order valence-corrected chi connectivity index (χ3v) is 3.84. The smallest absolute Gasteiger partial charge is 0.269 e. The van der Waals surface area contributed by atoms with Crippen LogP contribution in [0.5, 0.6) is 0 Å². The summed E-state index contributed by atoms with van der Waals surface area (Å²) in [6, 6.07) is 11.3. The lowest BCUT2D eigenvalue weighted by Gasteiger charge is -2.07. The van der Waals surface area contributed by atoms with Crippen LogP contribution in [0.3, 0.4) is 0 Å². The quantitative estimate of drug-likeness (QED) is 0.322. The van der Waals surface area contributed by atoms with Crippen LogP contribution in [0.4, 0.5) is 5.69 Å². The Bertz CT molecular complexity index is 1150. The zero-order chi connectivity index (χ0) is 16.7. The van der Waals surface area contributed by atoms with Gasteiger partial charge in [-0.15, -0.1) is 0 Å². The molecule has 0 atom stereocenters. The lowest BCUT2D eigenvalue weighted by Crippen LogP contribution is -2.14. The average molecular weight is 318 g/mol. The lowest BCUT2D eigenvalue weighted by atomic mass is 10.1. The van der Waals surface area contributed by atoms with Gasteiger partial charge in [0.25, 0.3) is 11.2 Å². The lowest BCUT2D eigenvalue weighted by molar-refractivity contribution is -0.383. The average Bonchev–Trinajstić information content (AvgIpc) is 2.61. The van der Waals surface area contributed by atoms with Gasteiger partial charge < -0.3 is 0 Å². The normalized spacial score (nSPS) is 11.0. The molecule has 0 spiro atoms. The van der Waals surface area contributed by atoms with Crippen molar-refractivity contribution in [3.8, 4) is 11.3 Å². The second-order valence-corrected chi connectivity index (χ2v) is 5.22. The molecule has 0 aliphatic heterocycles. The topological polar surface area (TPSA) is 90.4 Å². The molecule has 0 N–H and O–H groups in total. The highest BCUT2D eigenvalue weighted by molar-refractivity contribution is 5.99. The molecule has 7 heteroatoms. The third kappa shape index (κ3) is 2.11. The van der Waals surface area contributed by atoms with Gasteiger partial charge in [0.1, 0.15) is 5.65 Å². The first-order chi connectivity index (χ1) is 11.6. The van der Waals surface area contributed by atoms with E-state index >= 15 is 0 Å². The molecule has 1 aromatic carbocycles. The number of aromatic nitrogens is 3. The fraction of sp³-hybridized carbons (Fsp3) is 0. The van der Waals surface area contributed by atoms with Crippen LogP contribution in [0, 0.1) is 10.1 Å². The number of hydrogen-bond donors (Lipinski definition) is 0. The van der Waals surface area contributed by atoms with E-state index in [-0.39, 0.29) is 11.2 Å².